The highest BCUT2D eigenvalue weighted by Crippen LogP contribution is 2.21. The van der Waals surface area contributed by atoms with Crippen molar-refractivity contribution < 1.29 is 22.4 Å². The number of furan rings is 1. The molecule has 0 aliphatic carbocycles. The molecule has 0 saturated heterocycles. The molecular weight excluding hydrogens is 367 g/mol. The molecule has 0 fully saturated rings. The average Bonchev–Trinajstić information content (AvgIpc) is 3.04. The number of hydrogen-bond acceptors (Lipinski definition) is 5. The summed E-state index contributed by atoms with van der Waals surface area (Å²) in [7, 11) is 0. The van der Waals surface area contributed by atoms with E-state index in [-0.39, 0.29) is 19.4 Å². The summed E-state index contributed by atoms with van der Waals surface area (Å²) in [6, 6.07) is 3.11. The van der Waals surface area contributed by atoms with Crippen LogP contribution in [0.5, 0.6) is 0 Å². The SMILES string of the molecule is CSc1nc(C)c(CCC(=O)N(Cc2ccco2)CC(F)(F)F)c(C)n1. The highest BCUT2D eigenvalue weighted by Gasteiger charge is 2.33. The van der Waals surface area contributed by atoms with E-state index in [4.69, 9.17) is 4.42 Å². The molecule has 0 aliphatic rings. The molecule has 0 aliphatic heterocycles. The smallest absolute Gasteiger partial charge is 0.406 e. The Hall–Kier alpha value is -2.03. The monoisotopic (exact) mass is 387 g/mol. The molecule has 0 atom stereocenters. The lowest BCUT2D eigenvalue weighted by Gasteiger charge is -2.23. The van der Waals surface area contributed by atoms with Crippen LogP contribution in [0.4, 0.5) is 13.2 Å². The lowest BCUT2D eigenvalue weighted by Crippen LogP contribution is -2.38. The van der Waals surface area contributed by atoms with Crippen LogP contribution < -0.4 is 0 Å². The van der Waals surface area contributed by atoms with Crippen LogP contribution in [0.15, 0.2) is 28.0 Å². The second kappa shape index (κ2) is 8.57. The maximum absolute atomic E-state index is 12.8. The standard InChI is InChI=1S/C17H20F3N3O2S/c1-11-14(12(2)22-16(21-11)26-3)6-7-15(24)23(10-17(18,19)20)9-13-5-4-8-25-13/h4-5,8H,6-7,9-10H2,1-3H3. The number of rotatable bonds is 7. The van der Waals surface area contributed by atoms with Crippen LogP contribution in [0.3, 0.4) is 0 Å². The van der Waals surface area contributed by atoms with Gasteiger partial charge in [-0.1, -0.05) is 11.8 Å². The Bertz CT molecular complexity index is 725. The Morgan fingerprint density at radius 1 is 1.27 bits per heavy atom. The van der Waals surface area contributed by atoms with E-state index in [1.807, 2.05) is 20.1 Å². The lowest BCUT2D eigenvalue weighted by atomic mass is 10.1. The number of alkyl halides is 3. The summed E-state index contributed by atoms with van der Waals surface area (Å²) in [6.07, 6.45) is -1.01. The molecule has 9 heteroatoms. The molecule has 0 unspecified atom stereocenters. The van der Waals surface area contributed by atoms with Crippen molar-refractivity contribution in [1.82, 2.24) is 14.9 Å². The molecule has 2 aromatic rings. The number of nitrogens with zero attached hydrogens (tertiary/aromatic N) is 3. The highest BCUT2D eigenvalue weighted by molar-refractivity contribution is 7.98. The van der Waals surface area contributed by atoms with Crippen LogP contribution in [0, 0.1) is 13.8 Å². The summed E-state index contributed by atoms with van der Waals surface area (Å²) in [4.78, 5) is 21.8. The predicted octanol–water partition coefficient (Wildman–Crippen LogP) is 3.93. The van der Waals surface area contributed by atoms with Crippen LogP contribution in [0.25, 0.3) is 0 Å². The fraction of sp³-hybridized carbons (Fsp3) is 0.471. The van der Waals surface area contributed by atoms with Crippen molar-refractivity contribution in [3.05, 3.63) is 41.1 Å². The first kappa shape index (κ1) is 20.3. The van der Waals surface area contributed by atoms with Gasteiger partial charge in [-0.3, -0.25) is 4.79 Å². The molecule has 0 radical (unpaired) electrons. The summed E-state index contributed by atoms with van der Waals surface area (Å²) in [5.41, 5.74) is 2.27. The van der Waals surface area contributed by atoms with E-state index in [0.717, 1.165) is 21.9 Å². The van der Waals surface area contributed by atoms with Gasteiger partial charge in [-0.15, -0.1) is 0 Å². The fourth-order valence-corrected chi connectivity index (χ4v) is 3.05. The van der Waals surface area contributed by atoms with Crippen molar-refractivity contribution in [3.63, 3.8) is 0 Å². The third-order valence-corrected chi connectivity index (χ3v) is 4.37. The molecule has 142 valence electrons. The van der Waals surface area contributed by atoms with E-state index in [0.29, 0.717) is 10.9 Å². The molecular formula is C17H20F3N3O2S. The van der Waals surface area contributed by atoms with Gasteiger partial charge in [0.2, 0.25) is 5.91 Å². The van der Waals surface area contributed by atoms with Crippen molar-refractivity contribution in [3.8, 4) is 0 Å². The van der Waals surface area contributed by atoms with Gasteiger partial charge in [-0.2, -0.15) is 13.2 Å². The second-order valence-corrected chi connectivity index (χ2v) is 6.58. The Morgan fingerprint density at radius 3 is 2.42 bits per heavy atom. The van der Waals surface area contributed by atoms with Gasteiger partial charge < -0.3 is 9.32 Å². The van der Waals surface area contributed by atoms with Crippen molar-refractivity contribution >= 4 is 17.7 Å². The van der Waals surface area contributed by atoms with Gasteiger partial charge in [0.1, 0.15) is 12.3 Å². The lowest BCUT2D eigenvalue weighted by molar-refractivity contribution is -0.162. The molecule has 0 bridgehead atoms. The molecule has 0 spiro atoms. The first-order valence-corrected chi connectivity index (χ1v) is 9.17. The molecule has 0 saturated carbocycles. The van der Waals surface area contributed by atoms with Gasteiger partial charge in [-0.05, 0) is 44.2 Å². The van der Waals surface area contributed by atoms with E-state index >= 15 is 0 Å². The van der Waals surface area contributed by atoms with E-state index in [1.165, 1.54) is 18.0 Å². The molecule has 2 rings (SSSR count). The number of carbonyl (C=O) groups excluding carboxylic acids is 1. The normalized spacial score (nSPS) is 11.6. The number of aryl methyl sites for hydroxylation is 2. The van der Waals surface area contributed by atoms with Crippen molar-refractivity contribution in [1.29, 1.82) is 0 Å². The minimum absolute atomic E-state index is 0.0551. The summed E-state index contributed by atoms with van der Waals surface area (Å²) in [6.45, 7) is 2.09. The summed E-state index contributed by atoms with van der Waals surface area (Å²) < 4.78 is 43.5. The maximum atomic E-state index is 12.8. The molecule has 2 heterocycles. The Labute approximate surface area is 154 Å². The largest absolute Gasteiger partial charge is 0.467 e. The van der Waals surface area contributed by atoms with Gasteiger partial charge in [0, 0.05) is 17.8 Å². The van der Waals surface area contributed by atoms with E-state index in [9.17, 15) is 18.0 Å². The Balaban J connectivity index is 2.09. The Kier molecular flexibility index (Phi) is 6.69. The van der Waals surface area contributed by atoms with Gasteiger partial charge in [-0.25, -0.2) is 9.97 Å². The third kappa shape index (κ3) is 5.76. The average molecular weight is 387 g/mol. The van der Waals surface area contributed by atoms with Crippen LogP contribution in [0.1, 0.15) is 29.1 Å². The number of aromatic nitrogens is 2. The Morgan fingerprint density at radius 2 is 1.92 bits per heavy atom. The van der Waals surface area contributed by atoms with E-state index in [1.54, 1.807) is 12.1 Å². The first-order chi connectivity index (χ1) is 12.2. The number of thioether (sulfide) groups is 1. The van der Waals surface area contributed by atoms with Crippen LogP contribution >= 0.6 is 11.8 Å². The third-order valence-electron chi connectivity index (χ3n) is 3.82. The number of carbonyl (C=O) groups is 1. The molecule has 5 nitrogen and oxygen atoms in total. The van der Waals surface area contributed by atoms with Gasteiger partial charge in [0.15, 0.2) is 5.16 Å². The molecule has 2 aromatic heterocycles. The number of amides is 1. The van der Waals surface area contributed by atoms with Gasteiger partial charge in [0.25, 0.3) is 0 Å². The quantitative estimate of drug-likeness (QED) is 0.532. The van der Waals surface area contributed by atoms with Gasteiger partial charge in [0.05, 0.1) is 12.8 Å². The molecule has 1 amide bonds. The topological polar surface area (TPSA) is 59.2 Å². The zero-order valence-electron chi connectivity index (χ0n) is 14.8. The molecule has 0 N–H and O–H groups in total. The van der Waals surface area contributed by atoms with Crippen LogP contribution in [0.2, 0.25) is 0 Å². The number of halogens is 3. The second-order valence-electron chi connectivity index (χ2n) is 5.80. The zero-order chi connectivity index (χ0) is 19.3. The first-order valence-electron chi connectivity index (χ1n) is 7.94. The molecule has 26 heavy (non-hydrogen) atoms. The van der Waals surface area contributed by atoms with Gasteiger partial charge >= 0.3 is 6.18 Å². The fourth-order valence-electron chi connectivity index (χ4n) is 2.59. The highest BCUT2D eigenvalue weighted by atomic mass is 32.2. The van der Waals surface area contributed by atoms with Crippen LogP contribution in [-0.4, -0.2) is 39.8 Å². The summed E-state index contributed by atoms with van der Waals surface area (Å²) >= 11 is 1.41. The predicted molar refractivity (Wildman–Crippen MR) is 91.8 cm³/mol. The van der Waals surface area contributed by atoms with E-state index < -0.39 is 18.6 Å². The minimum Gasteiger partial charge on any atom is -0.467 e. The van der Waals surface area contributed by atoms with Crippen molar-refractivity contribution in [2.24, 2.45) is 0 Å². The molecule has 0 aromatic carbocycles. The zero-order valence-corrected chi connectivity index (χ0v) is 15.6. The summed E-state index contributed by atoms with van der Waals surface area (Å²) in [5, 5.41) is 0.631. The summed E-state index contributed by atoms with van der Waals surface area (Å²) in [5.74, 6) is -0.283. The number of hydrogen-bond donors (Lipinski definition) is 0. The van der Waals surface area contributed by atoms with E-state index in [2.05, 4.69) is 9.97 Å². The van der Waals surface area contributed by atoms with Crippen LogP contribution in [-0.2, 0) is 17.8 Å². The van der Waals surface area contributed by atoms with Crippen molar-refractivity contribution in [2.45, 2.75) is 44.6 Å². The van der Waals surface area contributed by atoms with Crippen molar-refractivity contribution in [2.75, 3.05) is 12.8 Å². The maximum Gasteiger partial charge on any atom is 0.406 e. The minimum atomic E-state index is -4.48.